The number of nitrogens with zero attached hydrogens (tertiary/aromatic N) is 3. The molecule has 0 fully saturated rings. The second kappa shape index (κ2) is 4.50. The van der Waals surface area contributed by atoms with E-state index in [4.69, 9.17) is 0 Å². The van der Waals surface area contributed by atoms with Crippen molar-refractivity contribution in [2.75, 3.05) is 0 Å². The summed E-state index contributed by atoms with van der Waals surface area (Å²) in [6.45, 7) is 4.42. The first-order valence-electron chi connectivity index (χ1n) is 6.53. The Balaban J connectivity index is 2.31. The molecule has 2 heterocycles. The number of rotatable bonds is 2. The fourth-order valence-electron chi connectivity index (χ4n) is 2.55. The molecule has 3 rings (SSSR count). The largest absolute Gasteiger partial charge is 0.268 e. The molecule has 0 N–H and O–H groups in total. The van der Waals surface area contributed by atoms with E-state index in [2.05, 4.69) is 48.2 Å². The van der Waals surface area contributed by atoms with Gasteiger partial charge in [-0.25, -0.2) is 0 Å². The Bertz CT molecular complexity index is 726. The van der Waals surface area contributed by atoms with Gasteiger partial charge in [0.2, 0.25) is 0 Å². The van der Waals surface area contributed by atoms with Gasteiger partial charge in [0.1, 0.15) is 0 Å². The highest BCUT2D eigenvalue weighted by Gasteiger charge is 2.12. The lowest BCUT2D eigenvalue weighted by Gasteiger charge is -2.12. The summed E-state index contributed by atoms with van der Waals surface area (Å²) in [5.41, 5.74) is 4.89. The van der Waals surface area contributed by atoms with Crippen LogP contribution in [0.1, 0.15) is 25.3 Å². The van der Waals surface area contributed by atoms with E-state index in [1.807, 2.05) is 30.3 Å². The molecule has 0 aliphatic carbocycles. The van der Waals surface area contributed by atoms with Gasteiger partial charge in [-0.05, 0) is 29.2 Å². The van der Waals surface area contributed by atoms with Gasteiger partial charge in [0.15, 0.2) is 0 Å². The van der Waals surface area contributed by atoms with Crippen molar-refractivity contribution in [3.63, 3.8) is 0 Å². The number of aryl methyl sites for hydroxylation is 1. The maximum absolute atomic E-state index is 4.35. The summed E-state index contributed by atoms with van der Waals surface area (Å²) in [5.74, 6) is 0.477. The molecule has 3 nitrogen and oxygen atoms in total. The van der Waals surface area contributed by atoms with Crippen molar-refractivity contribution in [3.8, 4) is 11.1 Å². The van der Waals surface area contributed by atoms with E-state index in [0.29, 0.717) is 5.92 Å². The van der Waals surface area contributed by atoms with Crippen molar-refractivity contribution >= 4 is 10.9 Å². The zero-order chi connectivity index (χ0) is 13.4. The lowest BCUT2D eigenvalue weighted by atomic mass is 9.93. The van der Waals surface area contributed by atoms with E-state index in [1.165, 1.54) is 22.1 Å². The topological polar surface area (TPSA) is 30.7 Å². The van der Waals surface area contributed by atoms with Gasteiger partial charge in [-0.15, -0.1) is 0 Å². The van der Waals surface area contributed by atoms with Crippen molar-refractivity contribution in [1.82, 2.24) is 14.8 Å². The van der Waals surface area contributed by atoms with E-state index in [9.17, 15) is 0 Å². The van der Waals surface area contributed by atoms with Crippen LogP contribution in [0.5, 0.6) is 0 Å². The average Bonchev–Trinajstić information content (AvgIpc) is 2.81. The number of pyridine rings is 1. The predicted octanol–water partition coefficient (Wildman–Crippen LogP) is 3.76. The molecular formula is C16H17N3. The van der Waals surface area contributed by atoms with Gasteiger partial charge in [0.25, 0.3) is 0 Å². The first-order chi connectivity index (χ1) is 9.18. The van der Waals surface area contributed by atoms with Crippen molar-refractivity contribution < 1.29 is 0 Å². The molecule has 0 saturated heterocycles. The number of aromatic nitrogens is 3. The third-order valence-electron chi connectivity index (χ3n) is 3.56. The Kier molecular flexibility index (Phi) is 2.82. The first-order valence-corrected chi connectivity index (χ1v) is 6.53. The monoisotopic (exact) mass is 251 g/mol. The van der Waals surface area contributed by atoms with E-state index in [0.717, 1.165) is 5.52 Å². The van der Waals surface area contributed by atoms with Crippen LogP contribution in [0.4, 0.5) is 0 Å². The van der Waals surface area contributed by atoms with E-state index >= 15 is 0 Å². The number of hydrogen-bond donors (Lipinski definition) is 0. The molecular weight excluding hydrogens is 234 g/mol. The molecule has 3 heteroatoms. The minimum Gasteiger partial charge on any atom is -0.268 e. The number of fused-ring (bicyclic) bond motifs is 1. The summed E-state index contributed by atoms with van der Waals surface area (Å²) < 4.78 is 1.91. The summed E-state index contributed by atoms with van der Waals surface area (Å²) in [6, 6.07) is 8.43. The van der Waals surface area contributed by atoms with Crippen molar-refractivity contribution in [2.24, 2.45) is 7.05 Å². The van der Waals surface area contributed by atoms with Crippen LogP contribution in [-0.4, -0.2) is 14.8 Å². The number of hydrogen-bond acceptors (Lipinski definition) is 2. The quantitative estimate of drug-likeness (QED) is 0.694. The Labute approximate surface area is 112 Å². The molecule has 0 spiro atoms. The normalized spacial score (nSPS) is 11.4. The van der Waals surface area contributed by atoms with Gasteiger partial charge in [0, 0.05) is 30.4 Å². The summed E-state index contributed by atoms with van der Waals surface area (Å²) in [5, 5.41) is 5.53. The van der Waals surface area contributed by atoms with Gasteiger partial charge in [0.05, 0.1) is 11.7 Å². The Hall–Kier alpha value is -2.16. The average molecular weight is 251 g/mol. The van der Waals surface area contributed by atoms with Crippen LogP contribution in [0.3, 0.4) is 0 Å². The molecule has 0 radical (unpaired) electrons. The van der Waals surface area contributed by atoms with Crippen molar-refractivity contribution in [2.45, 2.75) is 19.8 Å². The standard InChI is InChI=1S/C16H17N3/c1-11(2)12-7-8-17-9-14(12)13-5-4-6-16-15(13)10-18-19(16)3/h4-11H,1-3H3. The molecule has 0 amide bonds. The minimum absolute atomic E-state index is 0.477. The van der Waals surface area contributed by atoms with Crippen LogP contribution in [0.15, 0.2) is 42.9 Å². The molecule has 2 aromatic heterocycles. The van der Waals surface area contributed by atoms with Gasteiger partial charge in [-0.3, -0.25) is 9.67 Å². The summed E-state index contributed by atoms with van der Waals surface area (Å²) in [6.07, 6.45) is 5.75. The highest BCUT2D eigenvalue weighted by molar-refractivity contribution is 5.95. The van der Waals surface area contributed by atoms with Crippen LogP contribution in [0, 0.1) is 0 Å². The Morgan fingerprint density at radius 3 is 2.68 bits per heavy atom. The zero-order valence-corrected chi connectivity index (χ0v) is 11.5. The van der Waals surface area contributed by atoms with Crippen molar-refractivity contribution in [3.05, 3.63) is 48.4 Å². The molecule has 1 aromatic carbocycles. The molecule has 0 aliphatic rings. The molecule has 0 saturated carbocycles. The van der Waals surface area contributed by atoms with Crippen molar-refractivity contribution in [1.29, 1.82) is 0 Å². The fraction of sp³-hybridized carbons (Fsp3) is 0.250. The zero-order valence-electron chi connectivity index (χ0n) is 11.5. The third kappa shape index (κ3) is 1.91. The van der Waals surface area contributed by atoms with Gasteiger partial charge >= 0.3 is 0 Å². The van der Waals surface area contributed by atoms with E-state index in [1.54, 1.807) is 0 Å². The SMILES string of the molecule is CC(C)c1ccncc1-c1cccc2c1cnn2C. The maximum atomic E-state index is 4.35. The highest BCUT2D eigenvalue weighted by atomic mass is 15.2. The van der Waals surface area contributed by atoms with Gasteiger partial charge in [-0.2, -0.15) is 5.10 Å². The summed E-state index contributed by atoms with van der Waals surface area (Å²) in [7, 11) is 1.97. The van der Waals surface area contributed by atoms with Crippen LogP contribution in [0.25, 0.3) is 22.0 Å². The van der Waals surface area contributed by atoms with Crippen LogP contribution < -0.4 is 0 Å². The lowest BCUT2D eigenvalue weighted by Crippen LogP contribution is -1.94. The Morgan fingerprint density at radius 1 is 1.05 bits per heavy atom. The molecule has 0 unspecified atom stereocenters. The second-order valence-electron chi connectivity index (χ2n) is 5.12. The fourth-order valence-corrected chi connectivity index (χ4v) is 2.55. The predicted molar refractivity (Wildman–Crippen MR) is 78.0 cm³/mol. The van der Waals surface area contributed by atoms with Gasteiger partial charge < -0.3 is 0 Å². The van der Waals surface area contributed by atoms with Crippen LogP contribution in [-0.2, 0) is 7.05 Å². The number of benzene rings is 1. The van der Waals surface area contributed by atoms with Crippen LogP contribution >= 0.6 is 0 Å². The van der Waals surface area contributed by atoms with Gasteiger partial charge in [-0.1, -0.05) is 26.0 Å². The van der Waals surface area contributed by atoms with E-state index < -0.39 is 0 Å². The highest BCUT2D eigenvalue weighted by Crippen LogP contribution is 2.33. The summed E-state index contributed by atoms with van der Waals surface area (Å²) in [4.78, 5) is 4.29. The molecule has 3 aromatic rings. The second-order valence-corrected chi connectivity index (χ2v) is 5.12. The third-order valence-corrected chi connectivity index (χ3v) is 3.56. The molecule has 19 heavy (non-hydrogen) atoms. The smallest absolute Gasteiger partial charge is 0.0685 e. The maximum Gasteiger partial charge on any atom is 0.0685 e. The van der Waals surface area contributed by atoms with Crippen LogP contribution in [0.2, 0.25) is 0 Å². The van der Waals surface area contributed by atoms with E-state index in [-0.39, 0.29) is 0 Å². The molecule has 96 valence electrons. The molecule has 0 bridgehead atoms. The molecule has 0 atom stereocenters. The molecule has 0 aliphatic heterocycles. The lowest BCUT2D eigenvalue weighted by molar-refractivity contribution is 0.797. The summed E-state index contributed by atoms with van der Waals surface area (Å²) >= 11 is 0. The minimum atomic E-state index is 0.477. The first kappa shape index (κ1) is 11.9. The Morgan fingerprint density at radius 2 is 1.89 bits per heavy atom.